The third-order valence-electron chi connectivity index (χ3n) is 2.99. The highest BCUT2D eigenvalue weighted by molar-refractivity contribution is 4.95. The molecule has 0 spiro atoms. The molecule has 0 aromatic heterocycles. The summed E-state index contributed by atoms with van der Waals surface area (Å²) in [5.74, 6) is 0. The monoisotopic (exact) mass is 214 g/mol. The third kappa shape index (κ3) is 3.74. The molecule has 3 nitrogen and oxygen atoms in total. The lowest BCUT2D eigenvalue weighted by Crippen LogP contribution is -2.49. The van der Waals surface area contributed by atoms with Crippen LogP contribution >= 0.6 is 0 Å². The van der Waals surface area contributed by atoms with Gasteiger partial charge in [0.25, 0.3) is 0 Å². The van der Waals surface area contributed by atoms with Crippen molar-refractivity contribution in [3.8, 4) is 0 Å². The van der Waals surface area contributed by atoms with Crippen LogP contribution in [0.2, 0.25) is 0 Å². The molecule has 1 aliphatic heterocycles. The molecule has 1 saturated heterocycles. The predicted octanol–water partition coefficient (Wildman–Crippen LogP) is 1.86. The number of hydrogen-bond acceptors (Lipinski definition) is 3. The van der Waals surface area contributed by atoms with Crippen molar-refractivity contribution in [3.05, 3.63) is 0 Å². The molecule has 3 N–H and O–H groups in total. The summed E-state index contributed by atoms with van der Waals surface area (Å²) in [5.41, 5.74) is 5.93. The SMILES string of the molecule is CC(C)(N)CC(C)(C)[C@@H]1COC(C)(C)N1. The largest absolute Gasteiger partial charge is 0.360 e. The Bertz CT molecular complexity index is 228. The normalized spacial score (nSPS) is 27.0. The van der Waals surface area contributed by atoms with E-state index in [1.54, 1.807) is 0 Å². The van der Waals surface area contributed by atoms with Gasteiger partial charge in [-0.1, -0.05) is 13.8 Å². The highest BCUT2D eigenvalue weighted by Gasteiger charge is 2.41. The first-order valence-electron chi connectivity index (χ1n) is 5.72. The second kappa shape index (κ2) is 3.72. The van der Waals surface area contributed by atoms with Crippen LogP contribution < -0.4 is 11.1 Å². The zero-order chi connectivity index (χ0) is 11.9. The minimum atomic E-state index is -0.194. The lowest BCUT2D eigenvalue weighted by molar-refractivity contribution is 0.0226. The molecule has 0 saturated carbocycles. The number of hydrogen-bond donors (Lipinski definition) is 2. The van der Waals surface area contributed by atoms with Crippen molar-refractivity contribution >= 4 is 0 Å². The number of nitrogens with two attached hydrogens (primary N) is 1. The van der Waals surface area contributed by atoms with Gasteiger partial charge in [-0.3, -0.25) is 5.32 Å². The average Bonchev–Trinajstić information content (AvgIpc) is 2.25. The van der Waals surface area contributed by atoms with E-state index in [2.05, 4.69) is 46.9 Å². The van der Waals surface area contributed by atoms with E-state index < -0.39 is 0 Å². The lowest BCUT2D eigenvalue weighted by atomic mass is 9.75. The Labute approximate surface area is 93.8 Å². The van der Waals surface area contributed by atoms with Gasteiger partial charge < -0.3 is 10.5 Å². The molecule has 0 aliphatic carbocycles. The molecule has 0 unspecified atom stereocenters. The average molecular weight is 214 g/mol. The summed E-state index contributed by atoms with van der Waals surface area (Å²) < 4.78 is 5.70. The van der Waals surface area contributed by atoms with Crippen molar-refractivity contribution in [1.29, 1.82) is 0 Å². The minimum absolute atomic E-state index is 0.127. The molecule has 0 amide bonds. The van der Waals surface area contributed by atoms with Crippen LogP contribution in [0.3, 0.4) is 0 Å². The quantitative estimate of drug-likeness (QED) is 0.754. The molecular weight excluding hydrogens is 188 g/mol. The van der Waals surface area contributed by atoms with Crippen molar-refractivity contribution < 1.29 is 4.74 Å². The fourth-order valence-electron chi connectivity index (χ4n) is 2.51. The number of nitrogens with one attached hydrogen (secondary N) is 1. The molecule has 1 aliphatic rings. The van der Waals surface area contributed by atoms with E-state index in [0.29, 0.717) is 6.04 Å². The number of ether oxygens (including phenoxy) is 1. The molecule has 0 aromatic carbocycles. The Balaban J connectivity index is 2.63. The van der Waals surface area contributed by atoms with Gasteiger partial charge in [-0.2, -0.15) is 0 Å². The molecule has 1 fully saturated rings. The van der Waals surface area contributed by atoms with Crippen molar-refractivity contribution in [2.45, 2.75) is 65.3 Å². The van der Waals surface area contributed by atoms with Crippen LogP contribution in [0.25, 0.3) is 0 Å². The van der Waals surface area contributed by atoms with Crippen molar-refractivity contribution in [2.75, 3.05) is 6.61 Å². The van der Waals surface area contributed by atoms with E-state index in [1.807, 2.05) is 0 Å². The summed E-state index contributed by atoms with van der Waals surface area (Å²) in [6.07, 6.45) is 0.983. The highest BCUT2D eigenvalue weighted by atomic mass is 16.5. The molecule has 90 valence electrons. The van der Waals surface area contributed by atoms with Crippen LogP contribution in [0, 0.1) is 5.41 Å². The number of rotatable bonds is 3. The van der Waals surface area contributed by atoms with Crippen LogP contribution in [0.15, 0.2) is 0 Å². The Morgan fingerprint density at radius 1 is 1.33 bits per heavy atom. The van der Waals surface area contributed by atoms with Crippen LogP contribution in [0.5, 0.6) is 0 Å². The predicted molar refractivity (Wildman–Crippen MR) is 63.6 cm³/mol. The molecule has 15 heavy (non-hydrogen) atoms. The van der Waals surface area contributed by atoms with Crippen LogP contribution in [0.1, 0.15) is 48.0 Å². The fourth-order valence-corrected chi connectivity index (χ4v) is 2.51. The van der Waals surface area contributed by atoms with E-state index >= 15 is 0 Å². The smallest absolute Gasteiger partial charge is 0.113 e. The third-order valence-corrected chi connectivity index (χ3v) is 2.99. The highest BCUT2D eigenvalue weighted by Crippen LogP contribution is 2.34. The first kappa shape index (κ1) is 12.9. The first-order valence-corrected chi connectivity index (χ1v) is 5.72. The van der Waals surface area contributed by atoms with E-state index in [1.165, 1.54) is 0 Å². The van der Waals surface area contributed by atoms with Gasteiger partial charge in [0.05, 0.1) is 6.61 Å². The Morgan fingerprint density at radius 2 is 1.87 bits per heavy atom. The van der Waals surface area contributed by atoms with Gasteiger partial charge in [0.1, 0.15) is 5.72 Å². The van der Waals surface area contributed by atoms with Gasteiger partial charge in [0.15, 0.2) is 0 Å². The molecule has 0 radical (unpaired) electrons. The van der Waals surface area contributed by atoms with Crippen LogP contribution in [-0.2, 0) is 4.74 Å². The maximum atomic E-state index is 6.09. The maximum absolute atomic E-state index is 6.09. The summed E-state index contributed by atoms with van der Waals surface area (Å²) >= 11 is 0. The fraction of sp³-hybridized carbons (Fsp3) is 1.00. The van der Waals surface area contributed by atoms with Gasteiger partial charge in [-0.05, 0) is 39.5 Å². The zero-order valence-corrected chi connectivity index (χ0v) is 11.0. The summed E-state index contributed by atoms with van der Waals surface area (Å²) in [6.45, 7) is 13.6. The lowest BCUT2D eigenvalue weighted by Gasteiger charge is -2.37. The Morgan fingerprint density at radius 3 is 2.20 bits per heavy atom. The molecule has 1 atom stereocenters. The summed E-state index contributed by atoms with van der Waals surface area (Å²) in [4.78, 5) is 0. The molecule has 0 bridgehead atoms. The second-order valence-corrected chi connectivity index (χ2v) is 6.67. The molecule has 1 heterocycles. The van der Waals surface area contributed by atoms with Crippen molar-refractivity contribution in [2.24, 2.45) is 11.1 Å². The topological polar surface area (TPSA) is 47.3 Å². The van der Waals surface area contributed by atoms with Crippen molar-refractivity contribution in [1.82, 2.24) is 5.32 Å². The Hall–Kier alpha value is -0.120. The van der Waals surface area contributed by atoms with Crippen molar-refractivity contribution in [3.63, 3.8) is 0 Å². The molecule has 1 rings (SSSR count). The van der Waals surface area contributed by atoms with Gasteiger partial charge in [-0.15, -0.1) is 0 Å². The summed E-state index contributed by atoms with van der Waals surface area (Å²) in [6, 6.07) is 0.385. The van der Waals surface area contributed by atoms with Gasteiger partial charge in [0, 0.05) is 11.6 Å². The molecule has 3 heteroatoms. The summed E-state index contributed by atoms with van der Waals surface area (Å²) in [7, 11) is 0. The van der Waals surface area contributed by atoms with E-state index in [9.17, 15) is 0 Å². The van der Waals surface area contributed by atoms with Gasteiger partial charge in [-0.25, -0.2) is 0 Å². The van der Waals surface area contributed by atoms with Gasteiger partial charge >= 0.3 is 0 Å². The van der Waals surface area contributed by atoms with Crippen LogP contribution in [0.4, 0.5) is 0 Å². The van der Waals surface area contributed by atoms with Gasteiger partial charge in [0.2, 0.25) is 0 Å². The Kier molecular flexibility index (Phi) is 3.21. The zero-order valence-electron chi connectivity index (χ0n) is 11.0. The standard InChI is InChI=1S/C12H26N2O/c1-10(2,8-11(3,4)13)9-7-15-12(5,6)14-9/h9,14H,7-8,13H2,1-6H3/t9-/m0/s1. The maximum Gasteiger partial charge on any atom is 0.113 e. The van der Waals surface area contributed by atoms with E-state index in [0.717, 1.165) is 13.0 Å². The van der Waals surface area contributed by atoms with E-state index in [-0.39, 0.29) is 16.7 Å². The summed E-state index contributed by atoms with van der Waals surface area (Å²) in [5, 5.41) is 3.52. The minimum Gasteiger partial charge on any atom is -0.360 e. The molecule has 0 aromatic rings. The molecular formula is C12H26N2O. The first-order chi connectivity index (χ1) is 6.52. The van der Waals surface area contributed by atoms with Crippen LogP contribution in [-0.4, -0.2) is 23.9 Å². The van der Waals surface area contributed by atoms with E-state index in [4.69, 9.17) is 10.5 Å². The second-order valence-electron chi connectivity index (χ2n) is 6.67.